The fourth-order valence-corrected chi connectivity index (χ4v) is 4.27. The zero-order valence-corrected chi connectivity index (χ0v) is 23.8. The van der Waals surface area contributed by atoms with E-state index in [0.29, 0.717) is 37.0 Å². The molecule has 1 aromatic heterocycles. The molecule has 0 unspecified atom stereocenters. The molecule has 0 bridgehead atoms. The van der Waals surface area contributed by atoms with Gasteiger partial charge in [-0.25, -0.2) is 9.78 Å². The molecule has 0 aliphatic rings. The quantitative estimate of drug-likeness (QED) is 0.271. The van der Waals surface area contributed by atoms with Gasteiger partial charge in [-0.15, -0.1) is 0 Å². The number of aromatic nitrogens is 2. The zero-order chi connectivity index (χ0) is 28.4. The van der Waals surface area contributed by atoms with Crippen molar-refractivity contribution in [2.45, 2.75) is 58.7 Å². The minimum atomic E-state index is -0.673. The van der Waals surface area contributed by atoms with Crippen LogP contribution in [-0.4, -0.2) is 54.5 Å². The summed E-state index contributed by atoms with van der Waals surface area (Å²) < 4.78 is 15.7. The lowest BCUT2D eigenvalue weighted by molar-refractivity contribution is 0.0599. The Kier molecular flexibility index (Phi) is 10.5. The maximum atomic E-state index is 12.8. The van der Waals surface area contributed by atoms with Crippen molar-refractivity contribution in [2.75, 3.05) is 38.2 Å². The molecule has 0 fully saturated rings. The molecule has 1 atom stereocenters. The van der Waals surface area contributed by atoms with Gasteiger partial charge in [-0.1, -0.05) is 44.0 Å². The Morgan fingerprint density at radius 3 is 1.92 bits per heavy atom. The molecule has 3 rings (SSSR count). The van der Waals surface area contributed by atoms with Crippen LogP contribution in [0.3, 0.4) is 0 Å². The van der Waals surface area contributed by atoms with E-state index in [0.717, 1.165) is 35.5 Å². The van der Waals surface area contributed by atoms with E-state index in [1.165, 1.54) is 7.11 Å². The van der Waals surface area contributed by atoms with Gasteiger partial charge in [-0.05, 0) is 55.7 Å². The number of unbranched alkanes of at least 4 members (excludes halogenated alkanes) is 1. The van der Waals surface area contributed by atoms with E-state index in [-0.39, 0.29) is 12.2 Å². The van der Waals surface area contributed by atoms with Crippen molar-refractivity contribution < 1.29 is 24.1 Å². The maximum Gasteiger partial charge on any atom is 0.343 e. The monoisotopic (exact) mass is 536 g/mol. The second-order valence-corrected chi connectivity index (χ2v) is 9.82. The van der Waals surface area contributed by atoms with Crippen LogP contribution in [0.4, 0.5) is 11.8 Å². The fraction of sp³-hybridized carbons (Fsp3) is 0.433. The third kappa shape index (κ3) is 7.83. The van der Waals surface area contributed by atoms with Crippen LogP contribution < -0.4 is 19.7 Å². The molecule has 0 radical (unpaired) electrons. The molecular formula is C30H40N4O5. The van der Waals surface area contributed by atoms with E-state index in [2.05, 4.69) is 12.2 Å². The van der Waals surface area contributed by atoms with Crippen LogP contribution in [0.1, 0.15) is 60.3 Å². The van der Waals surface area contributed by atoms with Crippen LogP contribution in [0.15, 0.2) is 48.5 Å². The summed E-state index contributed by atoms with van der Waals surface area (Å²) in [4.78, 5) is 24.4. The van der Waals surface area contributed by atoms with Crippen LogP contribution in [0, 0.1) is 6.92 Å². The van der Waals surface area contributed by atoms with Crippen molar-refractivity contribution in [2.24, 2.45) is 0 Å². The van der Waals surface area contributed by atoms with Gasteiger partial charge >= 0.3 is 5.97 Å². The number of nitrogens with one attached hydrogen (secondary N) is 1. The molecule has 0 aliphatic heterocycles. The number of nitrogens with zero attached hydrogens (tertiary/aromatic N) is 3. The van der Waals surface area contributed by atoms with Crippen molar-refractivity contribution in [3.8, 4) is 11.5 Å². The molecule has 210 valence electrons. The maximum absolute atomic E-state index is 12.8. The van der Waals surface area contributed by atoms with Crippen LogP contribution in [-0.2, 0) is 17.8 Å². The number of rotatable bonds is 14. The predicted octanol–water partition coefficient (Wildman–Crippen LogP) is 5.15. The highest BCUT2D eigenvalue weighted by molar-refractivity contribution is 5.96. The molecule has 9 heteroatoms. The van der Waals surface area contributed by atoms with Crippen molar-refractivity contribution in [3.05, 3.63) is 70.9 Å². The summed E-state index contributed by atoms with van der Waals surface area (Å²) in [5.74, 6) is 1.80. The second-order valence-electron chi connectivity index (χ2n) is 9.82. The molecule has 39 heavy (non-hydrogen) atoms. The lowest BCUT2D eigenvalue weighted by atomic mass is 9.95. The van der Waals surface area contributed by atoms with Gasteiger partial charge in [0, 0.05) is 13.1 Å². The molecule has 0 spiro atoms. The Bertz CT molecular complexity index is 1170. The van der Waals surface area contributed by atoms with Gasteiger partial charge in [-0.3, -0.25) is 0 Å². The molecule has 3 aromatic rings. The van der Waals surface area contributed by atoms with Gasteiger partial charge in [0.15, 0.2) is 0 Å². The van der Waals surface area contributed by atoms with Crippen molar-refractivity contribution >= 4 is 17.7 Å². The number of aliphatic hydroxyl groups is 1. The smallest absolute Gasteiger partial charge is 0.343 e. The summed E-state index contributed by atoms with van der Waals surface area (Å²) in [6.45, 7) is 6.70. The Balaban J connectivity index is 2.08. The molecule has 1 heterocycles. The highest BCUT2D eigenvalue weighted by Gasteiger charge is 2.29. The average molecular weight is 537 g/mol. The molecule has 0 saturated carbocycles. The fourth-order valence-electron chi connectivity index (χ4n) is 4.27. The first-order chi connectivity index (χ1) is 18.7. The van der Waals surface area contributed by atoms with Gasteiger partial charge in [0.05, 0.1) is 39.2 Å². The van der Waals surface area contributed by atoms with Gasteiger partial charge in [-0.2, -0.15) is 4.98 Å². The third-order valence-corrected chi connectivity index (χ3v) is 6.67. The summed E-state index contributed by atoms with van der Waals surface area (Å²) in [6, 6.07) is 15.7. The normalized spacial score (nSPS) is 12.4. The molecule has 9 nitrogen and oxygen atoms in total. The number of carbonyl (C=O) groups excluding carboxylic acids is 1. The molecular weight excluding hydrogens is 496 g/mol. The van der Waals surface area contributed by atoms with Crippen molar-refractivity contribution in [1.82, 2.24) is 9.97 Å². The topological polar surface area (TPSA) is 106 Å². The standard InChI is InChI=1S/C30H40N4O5/c1-7-8-17-30(3,20-35)33-27-26(28(36)39-6)21(2)31-29(32-27)34(18-22-9-13-24(37-4)14-10-22)19-23-11-15-25(38-5)16-12-23/h9-16,35H,7-8,17-20H2,1-6H3,(H,31,32,33)/t30-/m1/s1. The van der Waals surface area contributed by atoms with E-state index >= 15 is 0 Å². The molecule has 0 aliphatic carbocycles. The van der Waals surface area contributed by atoms with Crippen LogP contribution >= 0.6 is 0 Å². The Hall–Kier alpha value is -3.85. The number of aliphatic hydroxyl groups excluding tert-OH is 1. The largest absolute Gasteiger partial charge is 0.497 e. The molecule has 2 N–H and O–H groups in total. The van der Waals surface area contributed by atoms with Gasteiger partial charge in [0.2, 0.25) is 5.95 Å². The number of benzene rings is 2. The Morgan fingerprint density at radius 2 is 1.49 bits per heavy atom. The zero-order valence-electron chi connectivity index (χ0n) is 23.8. The van der Waals surface area contributed by atoms with Crippen LogP contribution in [0.25, 0.3) is 0 Å². The number of anilines is 2. The Labute approximate surface area is 231 Å². The number of methoxy groups -OCH3 is 3. The summed E-state index contributed by atoms with van der Waals surface area (Å²) in [5, 5.41) is 13.6. The van der Waals surface area contributed by atoms with Crippen LogP contribution in [0.2, 0.25) is 0 Å². The van der Waals surface area contributed by atoms with Crippen LogP contribution in [0.5, 0.6) is 11.5 Å². The van der Waals surface area contributed by atoms with Gasteiger partial charge in [0.1, 0.15) is 22.9 Å². The number of ether oxygens (including phenoxy) is 3. The van der Waals surface area contributed by atoms with E-state index in [1.54, 1.807) is 21.1 Å². The lowest BCUT2D eigenvalue weighted by Gasteiger charge is -2.31. The lowest BCUT2D eigenvalue weighted by Crippen LogP contribution is -2.40. The minimum absolute atomic E-state index is 0.118. The minimum Gasteiger partial charge on any atom is -0.497 e. The third-order valence-electron chi connectivity index (χ3n) is 6.67. The number of esters is 1. The first-order valence-electron chi connectivity index (χ1n) is 13.1. The number of hydrogen-bond donors (Lipinski definition) is 2. The average Bonchev–Trinajstić information content (AvgIpc) is 2.96. The van der Waals surface area contributed by atoms with Gasteiger partial charge < -0.3 is 29.5 Å². The van der Waals surface area contributed by atoms with Crippen molar-refractivity contribution in [3.63, 3.8) is 0 Å². The molecule has 2 aromatic carbocycles. The van der Waals surface area contributed by atoms with E-state index < -0.39 is 11.5 Å². The number of aryl methyl sites for hydroxylation is 1. The summed E-state index contributed by atoms with van der Waals surface area (Å²) >= 11 is 0. The molecule has 0 saturated heterocycles. The highest BCUT2D eigenvalue weighted by atomic mass is 16.5. The summed E-state index contributed by atoms with van der Waals surface area (Å²) in [7, 11) is 4.61. The summed E-state index contributed by atoms with van der Waals surface area (Å²) in [5.41, 5.74) is 2.15. The SMILES string of the molecule is CCCC[C@](C)(CO)Nc1nc(N(Cc2ccc(OC)cc2)Cc2ccc(OC)cc2)nc(C)c1C(=O)OC. The van der Waals surface area contributed by atoms with Crippen molar-refractivity contribution in [1.29, 1.82) is 0 Å². The number of carbonyl (C=O) groups is 1. The van der Waals surface area contributed by atoms with E-state index in [4.69, 9.17) is 24.2 Å². The first-order valence-corrected chi connectivity index (χ1v) is 13.1. The summed E-state index contributed by atoms with van der Waals surface area (Å²) in [6.07, 6.45) is 2.60. The highest BCUT2D eigenvalue weighted by Crippen LogP contribution is 2.28. The second kappa shape index (κ2) is 13.8. The first kappa shape index (κ1) is 29.7. The molecule has 0 amide bonds. The van der Waals surface area contributed by atoms with Gasteiger partial charge in [0.25, 0.3) is 0 Å². The predicted molar refractivity (Wildman–Crippen MR) is 153 cm³/mol. The Morgan fingerprint density at radius 1 is 0.949 bits per heavy atom. The van der Waals surface area contributed by atoms with E-state index in [9.17, 15) is 9.90 Å². The van der Waals surface area contributed by atoms with E-state index in [1.807, 2.05) is 60.4 Å². The number of hydrogen-bond acceptors (Lipinski definition) is 9.